The van der Waals surface area contributed by atoms with E-state index in [9.17, 15) is 8.78 Å². The molecule has 0 atom stereocenters. The Kier molecular flexibility index (Phi) is 2.65. The number of halogens is 2. The zero-order valence-electron chi connectivity index (χ0n) is 7.31. The Balaban J connectivity index is 2.29. The molecule has 0 spiro atoms. The molecule has 0 aromatic heterocycles. The average molecular weight is 177 g/mol. The lowest BCUT2D eigenvalue weighted by atomic mass is 9.70. The van der Waals surface area contributed by atoms with Gasteiger partial charge < -0.3 is 4.84 Å². The van der Waals surface area contributed by atoms with E-state index in [-0.39, 0.29) is 5.41 Å². The van der Waals surface area contributed by atoms with Crippen molar-refractivity contribution >= 4 is 5.71 Å². The number of alkyl halides is 2. The van der Waals surface area contributed by atoms with Crippen molar-refractivity contribution in [3.05, 3.63) is 0 Å². The molecule has 0 saturated heterocycles. The predicted molar refractivity (Wildman–Crippen MR) is 42.4 cm³/mol. The van der Waals surface area contributed by atoms with Gasteiger partial charge in [0.25, 0.3) is 6.43 Å². The first-order chi connectivity index (χ1) is 5.52. The number of oxime groups is 1. The molecule has 4 heteroatoms. The molecular weight excluding hydrogens is 164 g/mol. The minimum Gasteiger partial charge on any atom is -0.390 e. The van der Waals surface area contributed by atoms with Crippen molar-refractivity contribution in [3.63, 3.8) is 0 Å². The molecule has 1 aliphatic carbocycles. The molecule has 0 radical (unpaired) electrons. The monoisotopic (exact) mass is 177 g/mol. The van der Waals surface area contributed by atoms with Gasteiger partial charge in [0.2, 0.25) is 0 Å². The van der Waals surface area contributed by atoms with Crippen LogP contribution in [0.4, 0.5) is 8.78 Å². The number of hydrogen-bond acceptors (Lipinski definition) is 2. The van der Waals surface area contributed by atoms with Gasteiger partial charge in [-0.3, -0.25) is 0 Å². The summed E-state index contributed by atoms with van der Waals surface area (Å²) in [5.41, 5.74) is 0.949. The topological polar surface area (TPSA) is 21.6 Å². The van der Waals surface area contributed by atoms with Crippen molar-refractivity contribution in [1.82, 2.24) is 0 Å². The van der Waals surface area contributed by atoms with Crippen LogP contribution in [0.25, 0.3) is 0 Å². The van der Waals surface area contributed by atoms with Crippen LogP contribution in [0.5, 0.6) is 0 Å². The summed E-state index contributed by atoms with van der Waals surface area (Å²) in [7, 11) is 0. The van der Waals surface area contributed by atoms with Crippen LogP contribution in [0.15, 0.2) is 5.16 Å². The van der Waals surface area contributed by atoms with Gasteiger partial charge in [0.15, 0.2) is 6.61 Å². The second-order valence-electron chi connectivity index (χ2n) is 3.61. The van der Waals surface area contributed by atoms with Crippen molar-refractivity contribution in [3.8, 4) is 0 Å². The van der Waals surface area contributed by atoms with Crippen LogP contribution in [-0.2, 0) is 4.84 Å². The minimum absolute atomic E-state index is 0.0577. The lowest BCUT2D eigenvalue weighted by molar-refractivity contribution is 0.0179. The predicted octanol–water partition coefficient (Wildman–Crippen LogP) is 2.44. The number of nitrogens with zero attached hydrogens (tertiary/aromatic N) is 1. The molecule has 70 valence electrons. The summed E-state index contributed by atoms with van der Waals surface area (Å²) < 4.78 is 23.2. The second-order valence-corrected chi connectivity index (χ2v) is 3.61. The van der Waals surface area contributed by atoms with Gasteiger partial charge in [-0.25, -0.2) is 8.78 Å². The summed E-state index contributed by atoms with van der Waals surface area (Å²) >= 11 is 0. The summed E-state index contributed by atoms with van der Waals surface area (Å²) in [6, 6.07) is 0. The Morgan fingerprint density at radius 1 is 1.58 bits per heavy atom. The summed E-state index contributed by atoms with van der Waals surface area (Å²) in [4.78, 5) is 4.47. The highest BCUT2D eigenvalue weighted by Gasteiger charge is 2.34. The van der Waals surface area contributed by atoms with Crippen molar-refractivity contribution in [2.24, 2.45) is 10.6 Å². The summed E-state index contributed by atoms with van der Waals surface area (Å²) in [5.74, 6) is 0. The zero-order chi connectivity index (χ0) is 9.19. The van der Waals surface area contributed by atoms with Crippen LogP contribution in [0.1, 0.15) is 26.7 Å². The summed E-state index contributed by atoms with van der Waals surface area (Å²) in [6.45, 7) is 3.46. The molecule has 0 aromatic carbocycles. The molecule has 0 amide bonds. The molecule has 12 heavy (non-hydrogen) atoms. The molecule has 1 saturated carbocycles. The molecule has 0 aliphatic heterocycles. The van der Waals surface area contributed by atoms with E-state index in [1.807, 2.05) is 13.8 Å². The third-order valence-corrected chi connectivity index (χ3v) is 2.14. The van der Waals surface area contributed by atoms with Gasteiger partial charge in [0.05, 0.1) is 5.71 Å². The Bertz CT molecular complexity index is 189. The molecule has 1 fully saturated rings. The summed E-state index contributed by atoms with van der Waals surface area (Å²) in [6.07, 6.45) is -0.502. The Morgan fingerprint density at radius 3 is 2.58 bits per heavy atom. The molecular formula is C8H13F2NO. The Morgan fingerprint density at radius 2 is 2.25 bits per heavy atom. The maximum atomic E-state index is 11.6. The maximum absolute atomic E-state index is 11.6. The third kappa shape index (κ3) is 2.16. The molecule has 1 aliphatic rings. The largest absolute Gasteiger partial charge is 0.390 e. The molecule has 0 heterocycles. The number of hydrogen-bond donors (Lipinski definition) is 0. The van der Waals surface area contributed by atoms with E-state index in [1.165, 1.54) is 0 Å². The molecule has 2 nitrogen and oxygen atoms in total. The fourth-order valence-corrected chi connectivity index (χ4v) is 1.08. The van der Waals surface area contributed by atoms with Gasteiger partial charge in [0.1, 0.15) is 0 Å². The van der Waals surface area contributed by atoms with E-state index >= 15 is 0 Å². The minimum atomic E-state index is -2.43. The molecule has 0 N–H and O–H groups in total. The standard InChI is InChI=1S/C8H13F2NO/c1-8(2)4-3-6(8)11-12-5-7(9)10/h7H,3-5H2,1-2H3/b11-6+. The van der Waals surface area contributed by atoms with Crippen LogP contribution >= 0.6 is 0 Å². The molecule has 1 rings (SSSR count). The van der Waals surface area contributed by atoms with E-state index < -0.39 is 13.0 Å². The van der Waals surface area contributed by atoms with E-state index in [2.05, 4.69) is 9.99 Å². The first-order valence-corrected chi connectivity index (χ1v) is 4.00. The lowest BCUT2D eigenvalue weighted by Gasteiger charge is -2.35. The van der Waals surface area contributed by atoms with Gasteiger partial charge in [-0.15, -0.1) is 0 Å². The van der Waals surface area contributed by atoms with Crippen molar-refractivity contribution in [1.29, 1.82) is 0 Å². The van der Waals surface area contributed by atoms with Crippen LogP contribution < -0.4 is 0 Å². The third-order valence-electron chi connectivity index (χ3n) is 2.14. The Hall–Kier alpha value is -0.670. The van der Waals surface area contributed by atoms with Gasteiger partial charge >= 0.3 is 0 Å². The second kappa shape index (κ2) is 3.37. The van der Waals surface area contributed by atoms with Crippen molar-refractivity contribution in [2.75, 3.05) is 6.61 Å². The van der Waals surface area contributed by atoms with E-state index in [4.69, 9.17) is 0 Å². The quantitative estimate of drug-likeness (QED) is 0.607. The van der Waals surface area contributed by atoms with Crippen LogP contribution in [0.3, 0.4) is 0 Å². The lowest BCUT2D eigenvalue weighted by Crippen LogP contribution is -2.35. The van der Waals surface area contributed by atoms with Gasteiger partial charge in [-0.2, -0.15) is 0 Å². The van der Waals surface area contributed by atoms with Crippen molar-refractivity contribution in [2.45, 2.75) is 33.1 Å². The maximum Gasteiger partial charge on any atom is 0.274 e. The van der Waals surface area contributed by atoms with E-state index in [0.717, 1.165) is 18.6 Å². The first kappa shape index (κ1) is 9.42. The molecule has 0 aromatic rings. The van der Waals surface area contributed by atoms with E-state index in [1.54, 1.807) is 0 Å². The SMILES string of the molecule is CC1(C)CC/C1=N\OCC(F)F. The highest BCUT2D eigenvalue weighted by atomic mass is 19.3. The van der Waals surface area contributed by atoms with Crippen molar-refractivity contribution < 1.29 is 13.6 Å². The summed E-state index contributed by atoms with van der Waals surface area (Å²) in [5, 5.41) is 3.66. The molecule has 0 unspecified atom stereocenters. The normalized spacial score (nSPS) is 24.2. The van der Waals surface area contributed by atoms with Crippen LogP contribution in [0.2, 0.25) is 0 Å². The smallest absolute Gasteiger partial charge is 0.274 e. The highest BCUT2D eigenvalue weighted by molar-refractivity contribution is 5.94. The highest BCUT2D eigenvalue weighted by Crippen LogP contribution is 2.36. The number of rotatable bonds is 3. The van der Waals surface area contributed by atoms with Gasteiger partial charge in [0, 0.05) is 5.41 Å². The molecule has 0 bridgehead atoms. The van der Waals surface area contributed by atoms with Gasteiger partial charge in [-0.05, 0) is 12.8 Å². The average Bonchev–Trinajstić information content (AvgIpc) is 1.95. The van der Waals surface area contributed by atoms with Crippen LogP contribution in [-0.4, -0.2) is 18.7 Å². The van der Waals surface area contributed by atoms with Gasteiger partial charge in [-0.1, -0.05) is 19.0 Å². The fraction of sp³-hybridized carbons (Fsp3) is 0.875. The van der Waals surface area contributed by atoms with E-state index in [0.29, 0.717) is 0 Å². The first-order valence-electron chi connectivity index (χ1n) is 4.00. The van der Waals surface area contributed by atoms with Crippen LogP contribution in [0, 0.1) is 5.41 Å². The Labute approximate surface area is 70.6 Å². The fourth-order valence-electron chi connectivity index (χ4n) is 1.08. The zero-order valence-corrected chi connectivity index (χ0v) is 7.31.